The van der Waals surface area contributed by atoms with Crippen molar-refractivity contribution >= 4 is 34.4 Å². The van der Waals surface area contributed by atoms with Crippen molar-refractivity contribution in [3.05, 3.63) is 74.9 Å². The largest absolute Gasteiger partial charge is 0.386 e. The fourth-order valence-corrected chi connectivity index (χ4v) is 3.75. The van der Waals surface area contributed by atoms with E-state index in [1.165, 1.54) is 29.3 Å². The van der Waals surface area contributed by atoms with Gasteiger partial charge in [0, 0.05) is 18.1 Å². The monoisotopic (exact) mass is 458 g/mol. The molecule has 10 heteroatoms. The zero-order valence-corrected chi connectivity index (χ0v) is 17.9. The predicted molar refractivity (Wildman–Crippen MR) is 116 cm³/mol. The van der Waals surface area contributed by atoms with Crippen molar-refractivity contribution in [2.45, 2.75) is 25.6 Å². The number of hydrogen-bond acceptors (Lipinski definition) is 5. The summed E-state index contributed by atoms with van der Waals surface area (Å²) in [6.45, 7) is 1.64. The van der Waals surface area contributed by atoms with Gasteiger partial charge in [-0.05, 0) is 42.8 Å². The van der Waals surface area contributed by atoms with Crippen molar-refractivity contribution in [2.75, 3.05) is 13.1 Å². The van der Waals surface area contributed by atoms with Gasteiger partial charge in [0.05, 0.1) is 23.7 Å². The zero-order chi connectivity index (χ0) is 23.0. The molecule has 4 rings (SSSR count). The number of nitrogens with zero attached hydrogens (tertiary/aromatic N) is 3. The first-order valence-electron chi connectivity index (χ1n) is 9.85. The van der Waals surface area contributed by atoms with Crippen LogP contribution in [0.25, 0.3) is 11.0 Å². The van der Waals surface area contributed by atoms with Gasteiger partial charge in [-0.2, -0.15) is 0 Å². The van der Waals surface area contributed by atoms with Crippen LogP contribution in [0.2, 0.25) is 5.02 Å². The van der Waals surface area contributed by atoms with Crippen LogP contribution in [0, 0.1) is 5.82 Å². The first-order valence-corrected chi connectivity index (χ1v) is 10.2. The Morgan fingerprint density at radius 2 is 2.03 bits per heavy atom. The number of pyridine rings is 2. The maximum Gasteiger partial charge on any atom is 0.265 e. The Kier molecular flexibility index (Phi) is 5.70. The number of carbonyl (C=O) groups is 2. The molecule has 0 bridgehead atoms. The highest BCUT2D eigenvalue weighted by molar-refractivity contribution is 6.30. The Hall–Kier alpha value is -3.30. The van der Waals surface area contributed by atoms with E-state index in [0.29, 0.717) is 10.9 Å². The maximum atomic E-state index is 13.6. The third-order valence-corrected chi connectivity index (χ3v) is 5.55. The number of carbonyl (C=O) groups excluding carboxylic acids is 2. The number of amides is 2. The minimum atomic E-state index is -0.941. The van der Waals surface area contributed by atoms with Crippen LogP contribution >= 0.6 is 11.6 Å². The zero-order valence-electron chi connectivity index (χ0n) is 17.1. The van der Waals surface area contributed by atoms with Gasteiger partial charge in [-0.15, -0.1) is 0 Å². The van der Waals surface area contributed by atoms with Gasteiger partial charge in [0.25, 0.3) is 11.5 Å². The molecule has 2 aromatic heterocycles. The molecule has 2 N–H and O–H groups in total. The summed E-state index contributed by atoms with van der Waals surface area (Å²) in [6.07, 6.45) is 1.49. The number of rotatable bonds is 5. The average molecular weight is 459 g/mol. The highest BCUT2D eigenvalue weighted by Crippen LogP contribution is 2.20. The molecule has 0 atom stereocenters. The SMILES string of the molecule is CC1(O)CN(C(=O)Cn2c(=O)c(C(=O)NCc3ccc(Cl)c(F)c3)cc3cccnc32)C1. The Morgan fingerprint density at radius 3 is 2.72 bits per heavy atom. The lowest BCUT2D eigenvalue weighted by Crippen LogP contribution is -2.62. The van der Waals surface area contributed by atoms with Crippen molar-refractivity contribution in [3.8, 4) is 0 Å². The first-order chi connectivity index (χ1) is 15.1. The molecule has 3 heterocycles. The van der Waals surface area contributed by atoms with Crippen LogP contribution in [-0.4, -0.2) is 50.1 Å². The molecule has 0 saturated carbocycles. The smallest absolute Gasteiger partial charge is 0.265 e. The van der Waals surface area contributed by atoms with Gasteiger partial charge in [-0.3, -0.25) is 19.0 Å². The second-order valence-electron chi connectivity index (χ2n) is 8.04. The fraction of sp³-hybridized carbons (Fsp3) is 0.273. The second-order valence-corrected chi connectivity index (χ2v) is 8.45. The van der Waals surface area contributed by atoms with Crippen LogP contribution < -0.4 is 10.9 Å². The van der Waals surface area contributed by atoms with Crippen LogP contribution in [0.3, 0.4) is 0 Å². The number of β-amino-alcohol motifs (C(OH)–C–C–N with tert-alkyl or cyclic N) is 1. The normalized spacial score (nSPS) is 14.8. The van der Waals surface area contributed by atoms with Crippen LogP contribution in [-0.2, 0) is 17.9 Å². The third kappa shape index (κ3) is 4.35. The summed E-state index contributed by atoms with van der Waals surface area (Å²) in [6, 6.07) is 8.90. The molecule has 0 radical (unpaired) electrons. The molecule has 1 aromatic carbocycles. The molecule has 0 aliphatic carbocycles. The highest BCUT2D eigenvalue weighted by atomic mass is 35.5. The highest BCUT2D eigenvalue weighted by Gasteiger charge is 2.39. The van der Waals surface area contributed by atoms with E-state index < -0.39 is 22.9 Å². The number of aromatic nitrogens is 2. The van der Waals surface area contributed by atoms with Crippen LogP contribution in [0.15, 0.2) is 47.4 Å². The van der Waals surface area contributed by atoms with Gasteiger partial charge in [0.15, 0.2) is 0 Å². The molecule has 0 unspecified atom stereocenters. The molecular weight excluding hydrogens is 439 g/mol. The van der Waals surface area contributed by atoms with Gasteiger partial charge in [0.1, 0.15) is 23.6 Å². The van der Waals surface area contributed by atoms with E-state index >= 15 is 0 Å². The molecule has 3 aromatic rings. The summed E-state index contributed by atoms with van der Waals surface area (Å²) < 4.78 is 14.8. The fourth-order valence-electron chi connectivity index (χ4n) is 3.63. The summed E-state index contributed by atoms with van der Waals surface area (Å²) in [4.78, 5) is 44.1. The Bertz CT molecular complexity index is 1280. The van der Waals surface area contributed by atoms with Crippen molar-refractivity contribution < 1.29 is 19.1 Å². The lowest BCUT2D eigenvalue weighted by atomic mass is 9.97. The van der Waals surface area contributed by atoms with Gasteiger partial charge in [-0.25, -0.2) is 9.37 Å². The summed E-state index contributed by atoms with van der Waals surface area (Å²) in [5.41, 5.74) is -1.03. The topological polar surface area (TPSA) is 105 Å². The van der Waals surface area contributed by atoms with E-state index in [-0.39, 0.29) is 48.3 Å². The van der Waals surface area contributed by atoms with E-state index in [4.69, 9.17) is 11.6 Å². The molecule has 0 spiro atoms. The number of fused-ring (bicyclic) bond motifs is 1. The summed E-state index contributed by atoms with van der Waals surface area (Å²) in [5, 5.41) is 12.9. The molecule has 166 valence electrons. The molecular formula is C22H20ClFN4O4. The first kappa shape index (κ1) is 21.9. The number of likely N-dealkylation sites (tertiary alicyclic amines) is 1. The minimum absolute atomic E-state index is 0.0147. The minimum Gasteiger partial charge on any atom is -0.386 e. The molecule has 1 saturated heterocycles. The summed E-state index contributed by atoms with van der Waals surface area (Å²) in [5.74, 6) is -1.63. The molecule has 1 fully saturated rings. The van der Waals surface area contributed by atoms with E-state index in [9.17, 15) is 23.9 Å². The van der Waals surface area contributed by atoms with Crippen molar-refractivity contribution in [2.24, 2.45) is 0 Å². The summed E-state index contributed by atoms with van der Waals surface area (Å²) in [7, 11) is 0. The van der Waals surface area contributed by atoms with E-state index in [1.807, 2.05) is 0 Å². The quantitative estimate of drug-likeness (QED) is 0.605. The number of benzene rings is 1. The maximum absolute atomic E-state index is 13.6. The van der Waals surface area contributed by atoms with E-state index in [1.54, 1.807) is 25.1 Å². The number of aliphatic hydroxyl groups is 1. The van der Waals surface area contributed by atoms with E-state index in [2.05, 4.69) is 10.3 Å². The molecule has 32 heavy (non-hydrogen) atoms. The van der Waals surface area contributed by atoms with Crippen molar-refractivity contribution in [1.29, 1.82) is 0 Å². The number of hydrogen-bond donors (Lipinski definition) is 2. The lowest BCUT2D eigenvalue weighted by Gasteiger charge is -2.44. The Balaban J connectivity index is 1.61. The number of halogens is 2. The van der Waals surface area contributed by atoms with Crippen molar-refractivity contribution in [3.63, 3.8) is 0 Å². The molecule has 2 amide bonds. The van der Waals surface area contributed by atoms with Gasteiger partial charge >= 0.3 is 0 Å². The molecule has 1 aliphatic rings. The lowest BCUT2D eigenvalue weighted by molar-refractivity contribution is -0.152. The standard InChI is InChI=1S/C22H20ClFN4O4/c1-22(32)11-27(12-22)18(29)10-28-19-14(3-2-6-25-19)8-15(21(28)31)20(30)26-9-13-4-5-16(23)17(24)7-13/h2-8,32H,9-12H2,1H3,(H,26,30). The van der Waals surface area contributed by atoms with Crippen molar-refractivity contribution in [1.82, 2.24) is 19.8 Å². The van der Waals surface area contributed by atoms with E-state index in [0.717, 1.165) is 4.57 Å². The predicted octanol–water partition coefficient (Wildman–Crippen LogP) is 1.71. The molecule has 8 nitrogen and oxygen atoms in total. The number of nitrogens with one attached hydrogen (secondary N) is 1. The van der Waals surface area contributed by atoms with Crippen LogP contribution in [0.1, 0.15) is 22.8 Å². The van der Waals surface area contributed by atoms with Gasteiger partial charge < -0.3 is 15.3 Å². The average Bonchev–Trinajstić information content (AvgIpc) is 2.74. The van der Waals surface area contributed by atoms with Gasteiger partial charge in [0.2, 0.25) is 5.91 Å². The third-order valence-electron chi connectivity index (χ3n) is 5.24. The van der Waals surface area contributed by atoms with Crippen LogP contribution in [0.4, 0.5) is 4.39 Å². The van der Waals surface area contributed by atoms with Gasteiger partial charge in [-0.1, -0.05) is 17.7 Å². The Morgan fingerprint density at radius 1 is 1.28 bits per heavy atom. The van der Waals surface area contributed by atoms with Crippen LogP contribution in [0.5, 0.6) is 0 Å². The Labute approximate surface area is 187 Å². The second kappa shape index (κ2) is 8.33. The summed E-state index contributed by atoms with van der Waals surface area (Å²) >= 11 is 5.67. The molecule has 1 aliphatic heterocycles.